The first-order chi connectivity index (χ1) is 14.6. The molecule has 30 heavy (non-hydrogen) atoms. The van der Waals surface area contributed by atoms with E-state index in [1.54, 1.807) is 39.5 Å². The molecule has 0 spiro atoms. The second-order valence-electron chi connectivity index (χ2n) is 6.46. The third kappa shape index (κ3) is 3.79. The van der Waals surface area contributed by atoms with Crippen LogP contribution < -0.4 is 19.5 Å². The van der Waals surface area contributed by atoms with Crippen LogP contribution in [0.15, 0.2) is 60.0 Å². The first kappa shape index (κ1) is 19.7. The molecule has 4 aromatic rings. The van der Waals surface area contributed by atoms with Gasteiger partial charge in [0.1, 0.15) is 17.2 Å². The van der Waals surface area contributed by atoms with Crippen LogP contribution in [0.2, 0.25) is 0 Å². The molecule has 1 N–H and O–H groups in total. The Morgan fingerprint density at radius 1 is 0.933 bits per heavy atom. The van der Waals surface area contributed by atoms with E-state index in [2.05, 4.69) is 10.3 Å². The van der Waals surface area contributed by atoms with Crippen molar-refractivity contribution in [1.82, 2.24) is 4.98 Å². The zero-order valence-corrected chi connectivity index (χ0v) is 17.6. The smallest absolute Gasteiger partial charge is 0.257 e. The molecule has 0 aliphatic carbocycles. The molecule has 0 fully saturated rings. The fourth-order valence-electron chi connectivity index (χ4n) is 3.24. The Hall–Kier alpha value is -3.58. The summed E-state index contributed by atoms with van der Waals surface area (Å²) in [5.41, 5.74) is 2.06. The summed E-state index contributed by atoms with van der Waals surface area (Å²) in [6, 6.07) is 17.0. The number of ether oxygens (including phenoxy) is 3. The first-order valence-corrected chi connectivity index (χ1v) is 10.1. The van der Waals surface area contributed by atoms with Crippen molar-refractivity contribution in [3.8, 4) is 28.5 Å². The number of anilines is 1. The third-order valence-corrected chi connectivity index (χ3v) is 5.46. The average molecular weight is 420 g/mol. The minimum atomic E-state index is -0.294. The number of nitrogens with zero attached hydrogens (tertiary/aromatic N) is 1. The number of hydrogen-bond donors (Lipinski definition) is 1. The van der Waals surface area contributed by atoms with Crippen LogP contribution in [0.4, 0.5) is 5.13 Å². The monoisotopic (exact) mass is 420 g/mol. The number of benzene rings is 3. The number of fused-ring (bicyclic) bond motifs is 1. The predicted octanol–water partition coefficient (Wildman–Crippen LogP) is 5.24. The summed E-state index contributed by atoms with van der Waals surface area (Å²) in [6.07, 6.45) is 0. The topological polar surface area (TPSA) is 69.7 Å². The number of aromatic nitrogens is 1. The molecule has 0 saturated heterocycles. The van der Waals surface area contributed by atoms with Crippen molar-refractivity contribution in [3.05, 3.63) is 65.5 Å². The Morgan fingerprint density at radius 2 is 1.67 bits per heavy atom. The maximum atomic E-state index is 12.8. The molecule has 0 bridgehead atoms. The van der Waals surface area contributed by atoms with Gasteiger partial charge >= 0.3 is 0 Å². The van der Waals surface area contributed by atoms with Gasteiger partial charge in [-0.15, -0.1) is 11.3 Å². The SMILES string of the molecule is COc1cc(OC)cc(C(=O)Nc2nc(-c3c(OC)ccc4ccccc34)cs2)c1. The number of rotatable bonds is 6. The van der Waals surface area contributed by atoms with Crippen molar-refractivity contribution in [2.24, 2.45) is 0 Å². The van der Waals surface area contributed by atoms with Gasteiger partial charge in [0.15, 0.2) is 5.13 Å². The van der Waals surface area contributed by atoms with Crippen molar-refractivity contribution < 1.29 is 19.0 Å². The van der Waals surface area contributed by atoms with Crippen molar-refractivity contribution in [2.75, 3.05) is 26.6 Å². The normalized spacial score (nSPS) is 10.6. The molecule has 152 valence electrons. The minimum absolute atomic E-state index is 0.294. The van der Waals surface area contributed by atoms with Crippen molar-refractivity contribution in [1.29, 1.82) is 0 Å². The molecule has 0 aliphatic heterocycles. The van der Waals surface area contributed by atoms with Gasteiger partial charge in [0, 0.05) is 17.0 Å². The number of hydrogen-bond acceptors (Lipinski definition) is 6. The highest BCUT2D eigenvalue weighted by Gasteiger charge is 2.16. The van der Waals surface area contributed by atoms with Crippen LogP contribution in [0, 0.1) is 0 Å². The predicted molar refractivity (Wildman–Crippen MR) is 119 cm³/mol. The van der Waals surface area contributed by atoms with Crippen LogP contribution in [0.1, 0.15) is 10.4 Å². The van der Waals surface area contributed by atoms with Gasteiger partial charge in [-0.1, -0.05) is 30.3 Å². The summed E-state index contributed by atoms with van der Waals surface area (Å²) < 4.78 is 16.0. The lowest BCUT2D eigenvalue weighted by atomic mass is 10.0. The van der Waals surface area contributed by atoms with Gasteiger partial charge in [0.05, 0.1) is 32.6 Å². The Kier molecular flexibility index (Phi) is 5.54. The summed E-state index contributed by atoms with van der Waals surface area (Å²) in [7, 11) is 4.72. The molecule has 1 amide bonds. The molecule has 0 aliphatic rings. The molecule has 1 heterocycles. The molecule has 3 aromatic carbocycles. The third-order valence-electron chi connectivity index (χ3n) is 4.71. The largest absolute Gasteiger partial charge is 0.497 e. The van der Waals surface area contributed by atoms with Gasteiger partial charge in [0.25, 0.3) is 5.91 Å². The van der Waals surface area contributed by atoms with Crippen LogP contribution in [-0.2, 0) is 0 Å². The van der Waals surface area contributed by atoms with Crippen molar-refractivity contribution >= 4 is 33.1 Å². The highest BCUT2D eigenvalue weighted by atomic mass is 32.1. The highest BCUT2D eigenvalue weighted by Crippen LogP contribution is 2.38. The Balaban J connectivity index is 1.66. The zero-order valence-electron chi connectivity index (χ0n) is 16.8. The van der Waals surface area contributed by atoms with Crippen molar-refractivity contribution in [2.45, 2.75) is 0 Å². The van der Waals surface area contributed by atoms with E-state index in [4.69, 9.17) is 14.2 Å². The van der Waals surface area contributed by atoms with Crippen LogP contribution >= 0.6 is 11.3 Å². The summed E-state index contributed by atoms with van der Waals surface area (Å²) in [4.78, 5) is 17.4. The average Bonchev–Trinajstić information content (AvgIpc) is 3.25. The van der Waals surface area contributed by atoms with Gasteiger partial charge in [-0.3, -0.25) is 10.1 Å². The number of amides is 1. The maximum absolute atomic E-state index is 12.8. The molecule has 6 nitrogen and oxygen atoms in total. The molecule has 0 saturated carbocycles. The van der Waals surface area contributed by atoms with Crippen LogP contribution in [0.5, 0.6) is 17.2 Å². The molecule has 7 heteroatoms. The molecule has 0 unspecified atom stereocenters. The number of methoxy groups -OCH3 is 3. The zero-order chi connectivity index (χ0) is 21.1. The number of nitrogens with one attached hydrogen (secondary N) is 1. The highest BCUT2D eigenvalue weighted by molar-refractivity contribution is 7.14. The van der Waals surface area contributed by atoms with E-state index in [1.807, 2.05) is 41.8 Å². The Morgan fingerprint density at radius 3 is 2.37 bits per heavy atom. The maximum Gasteiger partial charge on any atom is 0.257 e. The number of carbonyl (C=O) groups excluding carboxylic acids is 1. The molecule has 4 rings (SSSR count). The molecule has 0 atom stereocenters. The van der Waals surface area contributed by atoms with Crippen LogP contribution in [0.3, 0.4) is 0 Å². The van der Waals surface area contributed by atoms with Gasteiger partial charge in [-0.25, -0.2) is 4.98 Å². The first-order valence-electron chi connectivity index (χ1n) is 9.19. The summed E-state index contributed by atoms with van der Waals surface area (Å²) in [6.45, 7) is 0. The summed E-state index contributed by atoms with van der Waals surface area (Å²) in [5, 5.41) is 7.39. The van der Waals surface area contributed by atoms with Crippen LogP contribution in [-0.4, -0.2) is 32.2 Å². The lowest BCUT2D eigenvalue weighted by Crippen LogP contribution is -2.12. The molecular weight excluding hydrogens is 400 g/mol. The lowest BCUT2D eigenvalue weighted by Gasteiger charge is -2.10. The molecular formula is C23H20N2O4S. The fourth-order valence-corrected chi connectivity index (χ4v) is 3.94. The Labute approximate surface area is 178 Å². The van der Waals surface area contributed by atoms with Crippen LogP contribution in [0.25, 0.3) is 22.0 Å². The lowest BCUT2D eigenvalue weighted by molar-refractivity contribution is 0.102. The van der Waals surface area contributed by atoms with Gasteiger partial charge in [0.2, 0.25) is 0 Å². The quantitative estimate of drug-likeness (QED) is 0.462. The Bertz CT molecular complexity index is 1200. The molecule has 0 radical (unpaired) electrons. The fraction of sp³-hybridized carbons (Fsp3) is 0.130. The summed E-state index contributed by atoms with van der Waals surface area (Å²) >= 11 is 1.35. The molecule has 1 aromatic heterocycles. The van der Waals surface area contributed by atoms with E-state index in [0.717, 1.165) is 27.8 Å². The van der Waals surface area contributed by atoms with E-state index in [-0.39, 0.29) is 5.91 Å². The van der Waals surface area contributed by atoms with Gasteiger partial charge in [-0.05, 0) is 29.0 Å². The number of thiazole rings is 1. The second kappa shape index (κ2) is 8.42. The van der Waals surface area contributed by atoms with E-state index < -0.39 is 0 Å². The van der Waals surface area contributed by atoms with Gasteiger partial charge < -0.3 is 14.2 Å². The van der Waals surface area contributed by atoms with E-state index in [0.29, 0.717) is 22.2 Å². The van der Waals surface area contributed by atoms with E-state index >= 15 is 0 Å². The van der Waals surface area contributed by atoms with E-state index in [9.17, 15) is 4.79 Å². The number of carbonyl (C=O) groups is 1. The van der Waals surface area contributed by atoms with Gasteiger partial charge in [-0.2, -0.15) is 0 Å². The minimum Gasteiger partial charge on any atom is -0.497 e. The second-order valence-corrected chi connectivity index (χ2v) is 7.32. The standard InChI is InChI=1S/C23H20N2O4S/c1-27-16-10-15(11-17(12-16)28-2)22(26)25-23-24-19(13-30-23)21-18-7-5-4-6-14(18)8-9-20(21)29-3/h4-13H,1-3H3,(H,24,25,26). The van der Waals surface area contributed by atoms with Crippen molar-refractivity contribution in [3.63, 3.8) is 0 Å². The van der Waals surface area contributed by atoms with E-state index in [1.165, 1.54) is 11.3 Å². The summed E-state index contributed by atoms with van der Waals surface area (Å²) in [5.74, 6) is 1.52.